The molecule has 2 amide bonds. The first kappa shape index (κ1) is 9.52. The molecule has 70 valence electrons. The van der Waals surface area contributed by atoms with E-state index < -0.39 is 0 Å². The van der Waals surface area contributed by atoms with Gasteiger partial charge in [0.15, 0.2) is 0 Å². The lowest BCUT2D eigenvalue weighted by Gasteiger charge is -2.13. The lowest BCUT2D eigenvalue weighted by molar-refractivity contribution is -0.132. The highest BCUT2D eigenvalue weighted by Crippen LogP contribution is 2.08. The molecule has 0 aliphatic carbocycles. The molecule has 0 radical (unpaired) electrons. The van der Waals surface area contributed by atoms with Gasteiger partial charge < -0.3 is 10.2 Å². The smallest absolute Gasteiger partial charge is 0.240 e. The number of amides is 2. The molecule has 5 nitrogen and oxygen atoms in total. The Morgan fingerprint density at radius 3 is 3.00 bits per heavy atom. The molecule has 1 N–H and O–H groups in total. The number of nitrogens with one attached hydrogen (secondary N) is 1. The van der Waals surface area contributed by atoms with Gasteiger partial charge in [-0.1, -0.05) is 0 Å². The SMILES string of the molecule is N#CCNC(=O)CN1CCCC1=O. The van der Waals surface area contributed by atoms with E-state index in [9.17, 15) is 9.59 Å². The Labute approximate surface area is 76.3 Å². The summed E-state index contributed by atoms with van der Waals surface area (Å²) in [5.74, 6) is -0.246. The second-order valence-electron chi connectivity index (χ2n) is 2.85. The van der Waals surface area contributed by atoms with Crippen molar-refractivity contribution < 1.29 is 9.59 Å². The van der Waals surface area contributed by atoms with Gasteiger partial charge in [-0.05, 0) is 6.42 Å². The predicted octanol–water partition coefficient (Wildman–Crippen LogP) is -0.751. The van der Waals surface area contributed by atoms with Crippen molar-refractivity contribution in [2.75, 3.05) is 19.6 Å². The molecular weight excluding hydrogens is 170 g/mol. The fourth-order valence-electron chi connectivity index (χ4n) is 1.24. The van der Waals surface area contributed by atoms with Gasteiger partial charge >= 0.3 is 0 Å². The van der Waals surface area contributed by atoms with Crippen molar-refractivity contribution in [3.63, 3.8) is 0 Å². The molecule has 1 heterocycles. The van der Waals surface area contributed by atoms with Crippen LogP contribution >= 0.6 is 0 Å². The molecule has 1 saturated heterocycles. The molecule has 0 unspecified atom stereocenters. The highest BCUT2D eigenvalue weighted by Gasteiger charge is 2.21. The number of nitrogens with zero attached hydrogens (tertiary/aromatic N) is 2. The summed E-state index contributed by atoms with van der Waals surface area (Å²) in [5.41, 5.74) is 0. The van der Waals surface area contributed by atoms with Crippen LogP contribution in [0.2, 0.25) is 0 Å². The van der Waals surface area contributed by atoms with Gasteiger partial charge in [0.1, 0.15) is 6.54 Å². The van der Waals surface area contributed by atoms with Crippen LogP contribution in [0.1, 0.15) is 12.8 Å². The van der Waals surface area contributed by atoms with Crippen LogP contribution in [-0.2, 0) is 9.59 Å². The Balaban J connectivity index is 2.28. The molecule has 1 aliphatic rings. The van der Waals surface area contributed by atoms with Crippen molar-refractivity contribution >= 4 is 11.8 Å². The van der Waals surface area contributed by atoms with Gasteiger partial charge in [0.25, 0.3) is 0 Å². The van der Waals surface area contributed by atoms with Crippen LogP contribution in [0.3, 0.4) is 0 Å². The minimum atomic E-state index is -0.267. The van der Waals surface area contributed by atoms with E-state index in [-0.39, 0.29) is 24.9 Å². The largest absolute Gasteiger partial charge is 0.341 e. The monoisotopic (exact) mass is 181 g/mol. The summed E-state index contributed by atoms with van der Waals surface area (Å²) in [6.45, 7) is 0.736. The molecule has 0 spiro atoms. The van der Waals surface area contributed by atoms with Crippen LogP contribution in [0.25, 0.3) is 0 Å². The van der Waals surface area contributed by atoms with E-state index in [2.05, 4.69) is 5.32 Å². The van der Waals surface area contributed by atoms with Gasteiger partial charge in [-0.25, -0.2) is 0 Å². The molecule has 0 bridgehead atoms. The summed E-state index contributed by atoms with van der Waals surface area (Å²) in [6, 6.07) is 1.80. The highest BCUT2D eigenvalue weighted by molar-refractivity contribution is 5.85. The Kier molecular flexibility index (Phi) is 3.26. The van der Waals surface area contributed by atoms with Gasteiger partial charge in [-0.2, -0.15) is 5.26 Å². The maximum Gasteiger partial charge on any atom is 0.240 e. The molecule has 0 atom stereocenters. The second kappa shape index (κ2) is 4.45. The normalized spacial score (nSPS) is 15.6. The molecule has 1 aliphatic heterocycles. The average molecular weight is 181 g/mol. The third-order valence-electron chi connectivity index (χ3n) is 1.87. The average Bonchev–Trinajstić information content (AvgIpc) is 2.48. The van der Waals surface area contributed by atoms with Crippen LogP contribution in [-0.4, -0.2) is 36.3 Å². The zero-order valence-corrected chi connectivity index (χ0v) is 7.25. The van der Waals surface area contributed by atoms with E-state index in [0.717, 1.165) is 6.42 Å². The van der Waals surface area contributed by atoms with E-state index in [4.69, 9.17) is 5.26 Å². The van der Waals surface area contributed by atoms with E-state index in [1.54, 1.807) is 6.07 Å². The third kappa shape index (κ3) is 2.75. The van der Waals surface area contributed by atoms with Crippen LogP contribution < -0.4 is 5.32 Å². The van der Waals surface area contributed by atoms with Gasteiger partial charge in [-0.15, -0.1) is 0 Å². The summed E-state index contributed by atoms with van der Waals surface area (Å²) >= 11 is 0. The molecule has 0 aromatic heterocycles. The summed E-state index contributed by atoms with van der Waals surface area (Å²) in [4.78, 5) is 23.6. The summed E-state index contributed by atoms with van der Waals surface area (Å²) in [5, 5.41) is 10.6. The molecular formula is C8H11N3O2. The number of hydrogen-bond donors (Lipinski definition) is 1. The van der Waals surface area contributed by atoms with Crippen LogP contribution in [0, 0.1) is 11.3 Å². The molecule has 0 aromatic carbocycles. The van der Waals surface area contributed by atoms with Crippen molar-refractivity contribution in [2.45, 2.75) is 12.8 Å². The number of hydrogen-bond acceptors (Lipinski definition) is 3. The van der Waals surface area contributed by atoms with E-state index in [0.29, 0.717) is 13.0 Å². The zero-order valence-electron chi connectivity index (χ0n) is 7.25. The van der Waals surface area contributed by atoms with Crippen molar-refractivity contribution in [2.24, 2.45) is 0 Å². The number of rotatable bonds is 3. The van der Waals surface area contributed by atoms with Crippen LogP contribution in [0.15, 0.2) is 0 Å². The van der Waals surface area contributed by atoms with Crippen molar-refractivity contribution in [1.82, 2.24) is 10.2 Å². The Bertz CT molecular complexity index is 257. The minimum Gasteiger partial charge on any atom is -0.341 e. The molecule has 5 heteroatoms. The molecule has 0 aromatic rings. The Hall–Kier alpha value is -1.57. The standard InChI is InChI=1S/C8H11N3O2/c9-3-4-10-7(12)6-11-5-1-2-8(11)13/h1-2,4-6H2,(H,10,12). The van der Waals surface area contributed by atoms with E-state index in [1.807, 2.05) is 0 Å². The van der Waals surface area contributed by atoms with Crippen molar-refractivity contribution in [1.29, 1.82) is 5.26 Å². The molecule has 0 saturated carbocycles. The maximum atomic E-state index is 11.1. The number of nitriles is 1. The number of carbonyl (C=O) groups is 2. The first-order chi connectivity index (χ1) is 6.24. The summed E-state index contributed by atoms with van der Waals surface area (Å²) in [6.07, 6.45) is 1.36. The van der Waals surface area contributed by atoms with Gasteiger partial charge in [-0.3, -0.25) is 9.59 Å². The topological polar surface area (TPSA) is 73.2 Å². The predicted molar refractivity (Wildman–Crippen MR) is 44.4 cm³/mol. The molecule has 1 rings (SSSR count). The van der Waals surface area contributed by atoms with Crippen LogP contribution in [0.4, 0.5) is 0 Å². The third-order valence-corrected chi connectivity index (χ3v) is 1.87. The van der Waals surface area contributed by atoms with Gasteiger partial charge in [0.2, 0.25) is 11.8 Å². The highest BCUT2D eigenvalue weighted by atomic mass is 16.2. The number of carbonyl (C=O) groups excluding carboxylic acids is 2. The summed E-state index contributed by atoms with van der Waals surface area (Å²) < 4.78 is 0. The van der Waals surface area contributed by atoms with Gasteiger partial charge in [0.05, 0.1) is 12.6 Å². The van der Waals surface area contributed by atoms with Crippen LogP contribution in [0.5, 0.6) is 0 Å². The maximum absolute atomic E-state index is 11.1. The Morgan fingerprint density at radius 1 is 1.69 bits per heavy atom. The molecule has 13 heavy (non-hydrogen) atoms. The fourth-order valence-corrected chi connectivity index (χ4v) is 1.24. The van der Waals surface area contributed by atoms with Gasteiger partial charge in [0, 0.05) is 13.0 Å². The second-order valence-corrected chi connectivity index (χ2v) is 2.85. The quantitative estimate of drug-likeness (QED) is 0.582. The van der Waals surface area contributed by atoms with E-state index in [1.165, 1.54) is 4.90 Å². The summed E-state index contributed by atoms with van der Waals surface area (Å²) in [7, 11) is 0. The first-order valence-corrected chi connectivity index (χ1v) is 4.15. The van der Waals surface area contributed by atoms with Crippen molar-refractivity contribution in [3.8, 4) is 6.07 Å². The lowest BCUT2D eigenvalue weighted by Crippen LogP contribution is -2.37. The van der Waals surface area contributed by atoms with Crippen molar-refractivity contribution in [3.05, 3.63) is 0 Å². The lowest BCUT2D eigenvalue weighted by atomic mass is 10.4. The number of likely N-dealkylation sites (tertiary alicyclic amines) is 1. The van der Waals surface area contributed by atoms with E-state index >= 15 is 0 Å². The minimum absolute atomic E-state index is 0.000857. The zero-order chi connectivity index (χ0) is 9.68. The fraction of sp³-hybridized carbons (Fsp3) is 0.625. The first-order valence-electron chi connectivity index (χ1n) is 4.15. The molecule has 1 fully saturated rings. The Morgan fingerprint density at radius 2 is 2.46 bits per heavy atom.